The molecule has 1 saturated carbocycles. The molecule has 0 atom stereocenters. The average Bonchev–Trinajstić information content (AvgIpc) is 2.41. The first-order chi connectivity index (χ1) is 8.69. The predicted molar refractivity (Wildman–Crippen MR) is 73.1 cm³/mol. The number of carbonyl (C=O) groups is 1. The Morgan fingerprint density at radius 2 is 2.00 bits per heavy atom. The monoisotopic (exact) mass is 246 g/mol. The smallest absolute Gasteiger partial charge is 0.162 e. The maximum atomic E-state index is 11.6. The fourth-order valence-corrected chi connectivity index (χ4v) is 2.49. The molecule has 0 amide bonds. The van der Waals surface area contributed by atoms with E-state index >= 15 is 0 Å². The van der Waals surface area contributed by atoms with Gasteiger partial charge in [0.25, 0.3) is 0 Å². The number of hydrogen-bond acceptors (Lipinski definition) is 2. The van der Waals surface area contributed by atoms with Crippen molar-refractivity contribution in [3.63, 3.8) is 0 Å². The molecule has 0 spiro atoms. The van der Waals surface area contributed by atoms with Crippen LogP contribution in [0.25, 0.3) is 0 Å². The van der Waals surface area contributed by atoms with Crippen LogP contribution in [0.3, 0.4) is 0 Å². The van der Waals surface area contributed by atoms with Gasteiger partial charge in [-0.15, -0.1) is 0 Å². The van der Waals surface area contributed by atoms with E-state index in [1.54, 1.807) is 0 Å². The zero-order valence-corrected chi connectivity index (χ0v) is 11.3. The van der Waals surface area contributed by atoms with E-state index in [1.165, 1.54) is 12.8 Å². The Hall–Kier alpha value is -1.31. The fourth-order valence-electron chi connectivity index (χ4n) is 2.49. The van der Waals surface area contributed by atoms with Crippen LogP contribution < -0.4 is 4.74 Å². The highest BCUT2D eigenvalue weighted by Crippen LogP contribution is 2.27. The number of ketones is 1. The Morgan fingerprint density at radius 3 is 2.67 bits per heavy atom. The van der Waals surface area contributed by atoms with Gasteiger partial charge in [0.1, 0.15) is 5.75 Å². The zero-order chi connectivity index (χ0) is 13.0. The summed E-state index contributed by atoms with van der Waals surface area (Å²) in [6.45, 7) is 4.19. The van der Waals surface area contributed by atoms with Crippen molar-refractivity contribution >= 4 is 5.78 Å². The van der Waals surface area contributed by atoms with Crippen LogP contribution in [0.15, 0.2) is 24.3 Å². The summed E-state index contributed by atoms with van der Waals surface area (Å²) in [6.07, 6.45) is 5.63. The van der Waals surface area contributed by atoms with Gasteiger partial charge in [-0.25, -0.2) is 0 Å². The number of hydrogen-bond donors (Lipinski definition) is 0. The lowest BCUT2D eigenvalue weighted by atomic mass is 9.89. The second-order valence-electron chi connectivity index (χ2n) is 5.30. The molecule has 2 rings (SSSR count). The van der Waals surface area contributed by atoms with E-state index < -0.39 is 0 Å². The third-order valence-electron chi connectivity index (χ3n) is 3.74. The van der Waals surface area contributed by atoms with E-state index in [0.717, 1.165) is 30.1 Å². The Labute approximate surface area is 109 Å². The third kappa shape index (κ3) is 3.34. The molecule has 18 heavy (non-hydrogen) atoms. The van der Waals surface area contributed by atoms with Gasteiger partial charge in [0, 0.05) is 12.0 Å². The lowest BCUT2D eigenvalue weighted by Crippen LogP contribution is -2.23. The predicted octanol–water partition coefficient (Wildman–Crippen LogP) is 4.24. The Balaban J connectivity index is 1.99. The molecule has 2 heteroatoms. The molecule has 0 bridgehead atoms. The number of ether oxygens (including phenoxy) is 1. The summed E-state index contributed by atoms with van der Waals surface area (Å²) in [4.78, 5) is 11.6. The van der Waals surface area contributed by atoms with Crippen LogP contribution in [0.4, 0.5) is 0 Å². The van der Waals surface area contributed by atoms with E-state index in [-0.39, 0.29) is 5.78 Å². The van der Waals surface area contributed by atoms with Crippen LogP contribution >= 0.6 is 0 Å². The van der Waals surface area contributed by atoms with Crippen molar-refractivity contribution in [2.24, 2.45) is 5.92 Å². The highest BCUT2D eigenvalue weighted by Gasteiger charge is 2.19. The van der Waals surface area contributed by atoms with E-state index in [1.807, 2.05) is 31.2 Å². The molecule has 1 aromatic carbocycles. The van der Waals surface area contributed by atoms with Gasteiger partial charge >= 0.3 is 0 Å². The van der Waals surface area contributed by atoms with Gasteiger partial charge in [-0.3, -0.25) is 4.79 Å². The summed E-state index contributed by atoms with van der Waals surface area (Å²) < 4.78 is 5.99. The Kier molecular flexibility index (Phi) is 4.40. The molecule has 0 heterocycles. The van der Waals surface area contributed by atoms with Crippen molar-refractivity contribution in [2.75, 3.05) is 0 Å². The van der Waals surface area contributed by atoms with Crippen LogP contribution in [0.1, 0.15) is 56.3 Å². The van der Waals surface area contributed by atoms with Crippen molar-refractivity contribution < 1.29 is 9.53 Å². The molecular weight excluding hydrogens is 224 g/mol. The highest BCUT2D eigenvalue weighted by atomic mass is 16.5. The lowest BCUT2D eigenvalue weighted by molar-refractivity contribution is 0.0986. The summed E-state index contributed by atoms with van der Waals surface area (Å²) in [6, 6.07) is 7.60. The van der Waals surface area contributed by atoms with Crippen molar-refractivity contribution in [1.82, 2.24) is 0 Å². The zero-order valence-electron chi connectivity index (χ0n) is 11.3. The van der Waals surface area contributed by atoms with Gasteiger partial charge in [-0.2, -0.15) is 0 Å². The van der Waals surface area contributed by atoms with Crippen LogP contribution in [-0.4, -0.2) is 11.9 Å². The maximum absolute atomic E-state index is 11.6. The molecular formula is C16H22O2. The van der Waals surface area contributed by atoms with Gasteiger partial charge in [0.2, 0.25) is 0 Å². The SMILES string of the molecule is CCC(=O)c1cccc(OC2CCC(C)CC2)c1. The van der Waals surface area contributed by atoms with Gasteiger partial charge in [0.15, 0.2) is 5.78 Å². The molecule has 1 aromatic rings. The quantitative estimate of drug-likeness (QED) is 0.743. The second-order valence-corrected chi connectivity index (χ2v) is 5.30. The minimum atomic E-state index is 0.178. The number of benzene rings is 1. The van der Waals surface area contributed by atoms with E-state index in [9.17, 15) is 4.79 Å². The second kappa shape index (κ2) is 6.03. The van der Waals surface area contributed by atoms with E-state index in [4.69, 9.17) is 4.74 Å². The molecule has 2 nitrogen and oxygen atoms in total. The van der Waals surface area contributed by atoms with Crippen molar-refractivity contribution in [2.45, 2.75) is 52.1 Å². The normalized spacial score (nSPS) is 23.7. The summed E-state index contributed by atoms with van der Waals surface area (Å²) >= 11 is 0. The minimum Gasteiger partial charge on any atom is -0.490 e. The van der Waals surface area contributed by atoms with E-state index in [2.05, 4.69) is 6.92 Å². The topological polar surface area (TPSA) is 26.3 Å². The van der Waals surface area contributed by atoms with Gasteiger partial charge in [-0.1, -0.05) is 26.0 Å². The van der Waals surface area contributed by atoms with Gasteiger partial charge in [0.05, 0.1) is 6.10 Å². The van der Waals surface area contributed by atoms with Crippen LogP contribution in [0.5, 0.6) is 5.75 Å². The fraction of sp³-hybridized carbons (Fsp3) is 0.562. The van der Waals surface area contributed by atoms with Crippen molar-refractivity contribution in [1.29, 1.82) is 0 Å². The maximum Gasteiger partial charge on any atom is 0.162 e. The lowest BCUT2D eigenvalue weighted by Gasteiger charge is -2.27. The van der Waals surface area contributed by atoms with Crippen molar-refractivity contribution in [3.8, 4) is 5.75 Å². The molecule has 98 valence electrons. The molecule has 0 radical (unpaired) electrons. The molecule has 0 aliphatic heterocycles. The van der Waals surface area contributed by atoms with Gasteiger partial charge in [-0.05, 0) is 43.7 Å². The number of carbonyl (C=O) groups excluding carboxylic acids is 1. The molecule has 0 aromatic heterocycles. The molecule has 0 N–H and O–H groups in total. The molecule has 0 saturated heterocycles. The average molecular weight is 246 g/mol. The van der Waals surface area contributed by atoms with Crippen LogP contribution in [-0.2, 0) is 0 Å². The third-order valence-corrected chi connectivity index (χ3v) is 3.74. The first kappa shape index (κ1) is 13.1. The van der Waals surface area contributed by atoms with E-state index in [0.29, 0.717) is 12.5 Å². The Bertz CT molecular complexity index is 403. The largest absolute Gasteiger partial charge is 0.490 e. The summed E-state index contributed by atoms with van der Waals surface area (Å²) in [7, 11) is 0. The molecule has 1 aliphatic rings. The number of Topliss-reactive ketones (excluding diaryl/α,β-unsaturated/α-hetero) is 1. The Morgan fingerprint density at radius 1 is 1.28 bits per heavy atom. The highest BCUT2D eigenvalue weighted by molar-refractivity contribution is 5.96. The minimum absolute atomic E-state index is 0.178. The van der Waals surface area contributed by atoms with Crippen LogP contribution in [0.2, 0.25) is 0 Å². The summed E-state index contributed by atoms with van der Waals surface area (Å²) in [5.41, 5.74) is 0.763. The molecule has 1 fully saturated rings. The molecule has 1 aliphatic carbocycles. The first-order valence-electron chi connectivity index (χ1n) is 6.99. The summed E-state index contributed by atoms with van der Waals surface area (Å²) in [5.74, 6) is 1.85. The number of rotatable bonds is 4. The molecule has 0 unspecified atom stereocenters. The first-order valence-corrected chi connectivity index (χ1v) is 6.99. The summed E-state index contributed by atoms with van der Waals surface area (Å²) in [5, 5.41) is 0. The van der Waals surface area contributed by atoms with Crippen LogP contribution in [0, 0.1) is 5.92 Å². The standard InChI is InChI=1S/C16H22O2/c1-3-16(17)13-5-4-6-15(11-13)18-14-9-7-12(2)8-10-14/h4-6,11-12,14H,3,7-10H2,1-2H3. The van der Waals surface area contributed by atoms with Crippen molar-refractivity contribution in [3.05, 3.63) is 29.8 Å². The van der Waals surface area contributed by atoms with Gasteiger partial charge < -0.3 is 4.74 Å².